The smallest absolute Gasteiger partial charge is 0.254 e. The molecule has 31 heavy (non-hydrogen) atoms. The number of hydrogen-bond acceptors (Lipinski definition) is 6. The molecule has 1 atom stereocenters. The fraction of sp³-hybridized carbons (Fsp3) is 0.273. The van der Waals surface area contributed by atoms with Gasteiger partial charge in [0.2, 0.25) is 0 Å². The minimum atomic E-state index is -0.215. The maximum atomic E-state index is 13.6. The summed E-state index contributed by atoms with van der Waals surface area (Å²) in [6, 6.07) is 7.48. The minimum Gasteiger partial charge on any atom is -0.383 e. The van der Waals surface area contributed by atoms with Gasteiger partial charge in [0, 0.05) is 30.6 Å². The Kier molecular flexibility index (Phi) is 4.67. The first-order chi connectivity index (χ1) is 14.8. The number of nitrogen functional groups attached to an aromatic ring is 1. The number of amides is 1. The van der Waals surface area contributed by atoms with Crippen molar-refractivity contribution in [3.05, 3.63) is 57.4 Å². The normalized spacial score (nSPS) is 15.9. The van der Waals surface area contributed by atoms with Crippen molar-refractivity contribution in [3.8, 4) is 0 Å². The third-order valence-corrected chi connectivity index (χ3v) is 6.36. The highest BCUT2D eigenvalue weighted by Crippen LogP contribution is 2.33. The van der Waals surface area contributed by atoms with E-state index in [0.717, 1.165) is 43.2 Å². The molecule has 0 fully saturated rings. The lowest BCUT2D eigenvalue weighted by molar-refractivity contribution is 0.0329. The molecule has 4 aromatic rings. The number of nitrogens with two attached hydrogens (primary N) is 1. The minimum absolute atomic E-state index is 0.0871. The molecule has 0 radical (unpaired) electrons. The summed E-state index contributed by atoms with van der Waals surface area (Å²) in [5.74, 6) is 0.344. The zero-order valence-corrected chi connectivity index (χ0v) is 19.0. The number of likely N-dealkylation sites (N-methyl/N-ethyl adjacent to an activating group) is 1. The van der Waals surface area contributed by atoms with E-state index >= 15 is 0 Å². The van der Waals surface area contributed by atoms with Gasteiger partial charge in [-0.15, -0.1) is 0 Å². The van der Waals surface area contributed by atoms with Gasteiger partial charge in [0.05, 0.1) is 47.6 Å². The van der Waals surface area contributed by atoms with E-state index in [1.165, 1.54) is 0 Å². The Bertz CT molecular complexity index is 1370. The van der Waals surface area contributed by atoms with Crippen molar-refractivity contribution < 1.29 is 9.53 Å². The van der Waals surface area contributed by atoms with Gasteiger partial charge < -0.3 is 15.4 Å². The number of carbonyl (C=O) groups is 1. The molecule has 9 heteroatoms. The second kappa shape index (κ2) is 7.28. The highest BCUT2D eigenvalue weighted by atomic mass is 79.9. The molecule has 3 aromatic heterocycles. The number of halogens is 1. The molecule has 1 aliphatic heterocycles. The Balaban J connectivity index is 1.60. The standard InChI is InChI=1S/C22H21BrN6O2/c1-11-6-16-14(20-15(21(24)27-16)8-25-29(20)3)7-13(11)22(30)28(2)18-10-31-9-17-12(18)4-5-19(23)26-17/h4-8,18H,9-10H2,1-3H3,(H2,24,27)/t18-/m1/s1. The number of nitrogens with zero attached hydrogens (tertiary/aromatic N) is 5. The third kappa shape index (κ3) is 3.16. The molecule has 4 heterocycles. The fourth-order valence-electron chi connectivity index (χ4n) is 4.25. The molecule has 1 aromatic carbocycles. The molecule has 2 N–H and O–H groups in total. The van der Waals surface area contributed by atoms with E-state index in [9.17, 15) is 4.79 Å². The van der Waals surface area contributed by atoms with E-state index in [1.54, 1.807) is 22.8 Å². The lowest BCUT2D eigenvalue weighted by atomic mass is 9.99. The zero-order chi connectivity index (χ0) is 21.9. The van der Waals surface area contributed by atoms with E-state index in [4.69, 9.17) is 10.5 Å². The van der Waals surface area contributed by atoms with Crippen LogP contribution in [0.15, 0.2) is 35.1 Å². The van der Waals surface area contributed by atoms with Crippen molar-refractivity contribution in [3.63, 3.8) is 0 Å². The van der Waals surface area contributed by atoms with Crippen LogP contribution in [0.25, 0.3) is 21.8 Å². The molecule has 0 spiro atoms. The molecular weight excluding hydrogens is 460 g/mol. The second-order valence-corrected chi connectivity index (χ2v) is 8.64. The van der Waals surface area contributed by atoms with Crippen LogP contribution in [0.2, 0.25) is 0 Å². The first kappa shape index (κ1) is 19.9. The Labute approximate surface area is 187 Å². The number of rotatable bonds is 2. The molecule has 0 aliphatic carbocycles. The van der Waals surface area contributed by atoms with Crippen LogP contribution in [0.4, 0.5) is 5.82 Å². The maximum absolute atomic E-state index is 13.6. The summed E-state index contributed by atoms with van der Waals surface area (Å²) in [6.45, 7) is 2.78. The number of carbonyl (C=O) groups excluding carboxylic acids is 1. The van der Waals surface area contributed by atoms with Gasteiger partial charge in [0.25, 0.3) is 5.91 Å². The van der Waals surface area contributed by atoms with Crippen molar-refractivity contribution in [2.75, 3.05) is 19.4 Å². The van der Waals surface area contributed by atoms with Crippen molar-refractivity contribution in [1.82, 2.24) is 24.6 Å². The Morgan fingerprint density at radius 3 is 2.90 bits per heavy atom. The average Bonchev–Trinajstić information content (AvgIpc) is 3.14. The van der Waals surface area contributed by atoms with Gasteiger partial charge in [-0.2, -0.15) is 5.10 Å². The summed E-state index contributed by atoms with van der Waals surface area (Å²) in [5.41, 5.74) is 11.0. The predicted molar refractivity (Wildman–Crippen MR) is 122 cm³/mol. The fourth-order valence-corrected chi connectivity index (χ4v) is 4.60. The number of ether oxygens (including phenoxy) is 1. The van der Waals surface area contributed by atoms with Gasteiger partial charge in [-0.3, -0.25) is 9.48 Å². The lowest BCUT2D eigenvalue weighted by Crippen LogP contribution is -2.37. The molecule has 1 amide bonds. The van der Waals surface area contributed by atoms with Crippen LogP contribution in [0, 0.1) is 6.92 Å². The molecular formula is C22H21BrN6O2. The first-order valence-corrected chi connectivity index (χ1v) is 10.7. The van der Waals surface area contributed by atoms with Crippen LogP contribution in [0.5, 0.6) is 0 Å². The van der Waals surface area contributed by atoms with Crippen molar-refractivity contribution in [2.24, 2.45) is 7.05 Å². The molecule has 0 unspecified atom stereocenters. The monoisotopic (exact) mass is 480 g/mol. The van der Waals surface area contributed by atoms with Crippen molar-refractivity contribution >= 4 is 49.5 Å². The summed E-state index contributed by atoms with van der Waals surface area (Å²) < 4.78 is 8.25. The number of fused-ring (bicyclic) bond motifs is 4. The van der Waals surface area contributed by atoms with E-state index in [2.05, 4.69) is 31.0 Å². The topological polar surface area (TPSA) is 99.2 Å². The molecule has 0 saturated carbocycles. The van der Waals surface area contributed by atoms with E-state index in [1.807, 2.05) is 38.2 Å². The highest BCUT2D eigenvalue weighted by molar-refractivity contribution is 9.10. The van der Waals surface area contributed by atoms with Gasteiger partial charge >= 0.3 is 0 Å². The summed E-state index contributed by atoms with van der Waals surface area (Å²) in [5, 5.41) is 5.94. The van der Waals surface area contributed by atoms with Gasteiger partial charge in [-0.25, -0.2) is 9.97 Å². The Hall–Kier alpha value is -3.04. The predicted octanol–water partition coefficient (Wildman–Crippen LogP) is 3.51. The van der Waals surface area contributed by atoms with Gasteiger partial charge in [0.15, 0.2) is 0 Å². The van der Waals surface area contributed by atoms with Crippen LogP contribution in [-0.2, 0) is 18.4 Å². The van der Waals surface area contributed by atoms with Crippen LogP contribution < -0.4 is 5.73 Å². The molecule has 1 aliphatic rings. The maximum Gasteiger partial charge on any atom is 0.254 e. The second-order valence-electron chi connectivity index (χ2n) is 7.83. The summed E-state index contributed by atoms with van der Waals surface area (Å²) in [6.07, 6.45) is 1.70. The van der Waals surface area contributed by atoms with Gasteiger partial charge in [-0.1, -0.05) is 6.07 Å². The van der Waals surface area contributed by atoms with Crippen molar-refractivity contribution in [2.45, 2.75) is 19.6 Å². The highest BCUT2D eigenvalue weighted by Gasteiger charge is 2.30. The van der Waals surface area contributed by atoms with Crippen LogP contribution in [-0.4, -0.2) is 44.2 Å². The van der Waals surface area contributed by atoms with E-state index in [-0.39, 0.29) is 11.9 Å². The first-order valence-electron chi connectivity index (χ1n) is 9.87. The Morgan fingerprint density at radius 1 is 1.29 bits per heavy atom. The molecule has 0 bridgehead atoms. The van der Waals surface area contributed by atoms with E-state index in [0.29, 0.717) is 24.6 Å². The largest absolute Gasteiger partial charge is 0.383 e. The number of hydrogen-bond donors (Lipinski definition) is 1. The van der Waals surface area contributed by atoms with Crippen LogP contribution in [0.1, 0.15) is 33.2 Å². The number of benzene rings is 1. The average molecular weight is 481 g/mol. The SMILES string of the molecule is Cc1cc2nc(N)c3cnn(C)c3c2cc1C(=O)N(C)[C@@H]1COCc2nc(Br)ccc21. The lowest BCUT2D eigenvalue weighted by Gasteiger charge is -2.33. The third-order valence-electron chi connectivity index (χ3n) is 5.92. The number of anilines is 1. The van der Waals surface area contributed by atoms with E-state index < -0.39 is 0 Å². The number of aromatic nitrogens is 4. The summed E-state index contributed by atoms with van der Waals surface area (Å²) >= 11 is 3.40. The van der Waals surface area contributed by atoms with Gasteiger partial charge in [-0.05, 0) is 46.6 Å². The zero-order valence-electron chi connectivity index (χ0n) is 17.4. The molecule has 8 nitrogen and oxygen atoms in total. The molecule has 158 valence electrons. The summed E-state index contributed by atoms with van der Waals surface area (Å²) in [7, 11) is 3.66. The van der Waals surface area contributed by atoms with Crippen molar-refractivity contribution in [1.29, 1.82) is 0 Å². The number of aryl methyl sites for hydroxylation is 2. The van der Waals surface area contributed by atoms with Crippen LogP contribution >= 0.6 is 15.9 Å². The van der Waals surface area contributed by atoms with Gasteiger partial charge in [0.1, 0.15) is 10.4 Å². The Morgan fingerprint density at radius 2 is 2.10 bits per heavy atom. The quantitative estimate of drug-likeness (QED) is 0.440. The summed E-state index contributed by atoms with van der Waals surface area (Å²) in [4.78, 5) is 24.3. The molecule has 0 saturated heterocycles. The number of pyridine rings is 2. The van der Waals surface area contributed by atoms with Crippen LogP contribution in [0.3, 0.4) is 0 Å². The molecule has 5 rings (SSSR count).